The van der Waals surface area contributed by atoms with Crippen molar-refractivity contribution in [2.45, 2.75) is 125 Å². The Morgan fingerprint density at radius 1 is 0.962 bits per heavy atom. The van der Waals surface area contributed by atoms with Gasteiger partial charge in [0, 0.05) is 34.4 Å². The second-order valence-corrected chi connectivity index (χ2v) is 19.8. The molecule has 21 heteroatoms. The summed E-state index contributed by atoms with van der Waals surface area (Å²) in [6.45, 7) is 5.19. The molecule has 1 amide bonds. The van der Waals surface area contributed by atoms with Gasteiger partial charge < -0.3 is 85.2 Å². The van der Waals surface area contributed by atoms with Crippen molar-refractivity contribution in [2.24, 2.45) is 5.73 Å². The molecule has 2 fully saturated rings. The maximum absolute atomic E-state index is 12.8. The number of carbonyl (C=O) groups excluding carboxylic acids is 3. The summed E-state index contributed by atoms with van der Waals surface area (Å²) in [6.07, 6.45) is -16.9. The Kier molecular flexibility index (Phi) is 20.7. The van der Waals surface area contributed by atoms with Crippen molar-refractivity contribution < 1.29 is 138 Å². The average molecular weight is 793 g/mol. The minimum atomic E-state index is -3.02. The van der Waals surface area contributed by atoms with Crippen LogP contribution in [0.5, 0.6) is 0 Å². The third-order valence-electron chi connectivity index (χ3n) is 8.75. The third kappa shape index (κ3) is 13.5. The van der Waals surface area contributed by atoms with Gasteiger partial charge in [-0.3, -0.25) is 4.79 Å². The fourth-order valence-corrected chi connectivity index (χ4v) is 6.56. The molecule has 1 aromatic rings. The molecule has 0 aliphatic carbocycles. The Hall–Kier alpha value is -0.633. The van der Waals surface area contributed by atoms with Crippen LogP contribution in [-0.2, 0) is 44.7 Å². The summed E-state index contributed by atoms with van der Waals surface area (Å²) >= 11 is 0. The number of aliphatic hydroxyl groups excluding tert-OH is 6. The van der Waals surface area contributed by atoms with Crippen molar-refractivity contribution in [3.63, 3.8) is 0 Å². The van der Waals surface area contributed by atoms with E-state index in [1.165, 1.54) is 0 Å². The molecule has 2 heterocycles. The standard InChI is InChI=1S/C32H52N2O16Si.2Na/c1-17(36)34-24-20(38)13-31(29(42)43,47-10-11-51(2,3)4)50-28(24)26(41)22(16-46-15-18-8-6-5-7-9-18)48-32(30(44)45)12-19(37)23(33)27(49-32)25(40)21(39)14-35;;/h5-9,19-28,35,37-41H,10-16,33H2,1-4H3,(H,34,36)(H,42,43)(H,44,45);;/q;2*+1/p-2/t19-,20-,21+,22+,23+,24+,25+,26+,27+,28+,31+,32+;;/m0../s1. The Balaban J connectivity index is 0.00000702. The SMILES string of the molecule is CC(=O)N[C@H]1[C@H]([C@H](O)[C@@H](COCc2ccccc2)O[C@]2(C(=O)[O-])C[C@H](O)[C@@H](N)[C@H]([C@H](O)[C@H](O)CO)O2)O[C@@](OCC[Si](C)(C)C)(C(=O)[O-])C[C@@H]1O.[Na+].[Na+]. The first-order valence-corrected chi connectivity index (χ1v) is 20.2. The van der Waals surface area contributed by atoms with E-state index in [-0.39, 0.29) is 72.3 Å². The third-order valence-corrected chi connectivity index (χ3v) is 10.5. The van der Waals surface area contributed by atoms with E-state index in [9.17, 15) is 55.2 Å². The van der Waals surface area contributed by atoms with Crippen molar-refractivity contribution in [3.8, 4) is 0 Å². The molecular weight excluding hydrogens is 742 g/mol. The maximum Gasteiger partial charge on any atom is 1.00 e. The molecule has 18 nitrogen and oxygen atoms in total. The van der Waals surface area contributed by atoms with Crippen molar-refractivity contribution in [1.82, 2.24) is 5.32 Å². The van der Waals surface area contributed by atoms with E-state index in [1.54, 1.807) is 30.3 Å². The Labute approximate surface area is 352 Å². The van der Waals surface area contributed by atoms with Gasteiger partial charge in [0.25, 0.3) is 0 Å². The number of carboxylic acids is 2. The summed E-state index contributed by atoms with van der Waals surface area (Å²) in [4.78, 5) is 37.6. The zero-order valence-corrected chi connectivity index (χ0v) is 36.0. The second-order valence-electron chi connectivity index (χ2n) is 14.1. The van der Waals surface area contributed by atoms with Gasteiger partial charge in [-0.1, -0.05) is 50.0 Å². The number of carbonyl (C=O) groups is 3. The van der Waals surface area contributed by atoms with E-state index in [0.717, 1.165) is 6.92 Å². The number of nitrogens with two attached hydrogens (primary N) is 1. The predicted molar refractivity (Wildman–Crippen MR) is 172 cm³/mol. The molecule has 0 radical (unpaired) electrons. The smallest absolute Gasteiger partial charge is 0.544 e. The van der Waals surface area contributed by atoms with Crippen LogP contribution in [0.15, 0.2) is 30.3 Å². The summed E-state index contributed by atoms with van der Waals surface area (Å²) in [5.41, 5.74) is 6.61. The number of benzene rings is 1. The van der Waals surface area contributed by atoms with Crippen LogP contribution in [0.4, 0.5) is 0 Å². The van der Waals surface area contributed by atoms with Gasteiger partial charge in [0.05, 0.1) is 44.1 Å². The number of aliphatic hydroxyl groups is 6. The van der Waals surface area contributed by atoms with Crippen molar-refractivity contribution in [1.29, 1.82) is 0 Å². The van der Waals surface area contributed by atoms with E-state index in [0.29, 0.717) is 11.6 Å². The largest absolute Gasteiger partial charge is 1.00 e. The molecule has 0 bridgehead atoms. The number of ether oxygens (including phenoxy) is 5. The van der Waals surface area contributed by atoms with Gasteiger partial charge >= 0.3 is 59.1 Å². The Bertz CT molecular complexity index is 1320. The van der Waals surface area contributed by atoms with Gasteiger partial charge in [-0.25, -0.2) is 0 Å². The van der Waals surface area contributed by atoms with Gasteiger partial charge in [-0.15, -0.1) is 0 Å². The van der Waals surface area contributed by atoms with Crippen molar-refractivity contribution in [2.75, 3.05) is 19.8 Å². The van der Waals surface area contributed by atoms with E-state index in [1.807, 2.05) is 19.6 Å². The zero-order valence-electron chi connectivity index (χ0n) is 31.0. The van der Waals surface area contributed by atoms with Crippen LogP contribution in [0.25, 0.3) is 0 Å². The first-order chi connectivity index (χ1) is 23.8. The van der Waals surface area contributed by atoms with Gasteiger partial charge in [-0.2, -0.15) is 0 Å². The van der Waals surface area contributed by atoms with E-state index < -0.39 is 124 Å². The molecule has 0 aromatic heterocycles. The molecule has 290 valence electrons. The summed E-state index contributed by atoms with van der Waals surface area (Å²) < 4.78 is 28.7. The topological polar surface area (TPSA) is 303 Å². The molecule has 0 unspecified atom stereocenters. The number of amides is 1. The Morgan fingerprint density at radius 3 is 2.06 bits per heavy atom. The number of rotatable bonds is 18. The van der Waals surface area contributed by atoms with Crippen LogP contribution in [0, 0.1) is 0 Å². The van der Waals surface area contributed by atoms with Gasteiger partial charge in [0.15, 0.2) is 0 Å². The Morgan fingerprint density at radius 2 is 1.53 bits per heavy atom. The summed E-state index contributed by atoms with van der Waals surface area (Å²) in [5.74, 6) is -10.4. The minimum absolute atomic E-state index is 0. The van der Waals surface area contributed by atoms with Gasteiger partial charge in [0.2, 0.25) is 17.5 Å². The molecule has 2 saturated heterocycles. The van der Waals surface area contributed by atoms with Crippen molar-refractivity contribution >= 4 is 25.9 Å². The first-order valence-electron chi connectivity index (χ1n) is 16.5. The van der Waals surface area contributed by atoms with Crippen LogP contribution >= 0.6 is 0 Å². The maximum atomic E-state index is 12.8. The molecule has 0 spiro atoms. The quantitative estimate of drug-likeness (QED) is 0.0640. The number of aliphatic carboxylic acids is 2. The normalized spacial score (nSPS) is 31.2. The van der Waals surface area contributed by atoms with E-state index in [4.69, 9.17) is 29.4 Å². The van der Waals surface area contributed by atoms with E-state index >= 15 is 0 Å². The van der Waals surface area contributed by atoms with Gasteiger partial charge in [-0.05, 0) is 11.6 Å². The van der Waals surface area contributed by atoms with Crippen molar-refractivity contribution in [3.05, 3.63) is 35.9 Å². The summed E-state index contributed by atoms with van der Waals surface area (Å²) in [6, 6.07) is 6.03. The van der Waals surface area contributed by atoms with Crippen LogP contribution in [0.1, 0.15) is 25.3 Å². The average Bonchev–Trinajstić information content (AvgIpc) is 3.05. The molecule has 53 heavy (non-hydrogen) atoms. The molecule has 1 aromatic carbocycles. The minimum Gasteiger partial charge on any atom is -0.544 e. The number of nitrogens with one attached hydrogen (secondary N) is 1. The van der Waals surface area contributed by atoms with Gasteiger partial charge in [0.1, 0.15) is 48.6 Å². The van der Waals surface area contributed by atoms with Crippen LogP contribution < -0.4 is 80.4 Å². The fraction of sp³-hybridized carbons (Fsp3) is 0.719. The first kappa shape index (κ1) is 50.4. The molecule has 3 rings (SSSR count). The monoisotopic (exact) mass is 792 g/mol. The number of carboxylic acid groups (broad SMARTS) is 2. The van der Waals surface area contributed by atoms with Crippen LogP contribution in [0.2, 0.25) is 25.7 Å². The van der Waals surface area contributed by atoms with Crippen LogP contribution in [0.3, 0.4) is 0 Å². The zero-order chi connectivity index (χ0) is 38.3. The predicted octanol–water partition coefficient (Wildman–Crippen LogP) is -10.9. The molecule has 0 saturated carbocycles. The molecular formula is C32H50N2Na2O16Si. The summed E-state index contributed by atoms with van der Waals surface area (Å²) in [7, 11) is -1.79. The molecule has 9 N–H and O–H groups in total. The van der Waals surface area contributed by atoms with E-state index in [2.05, 4.69) is 5.32 Å². The number of hydrogen-bond acceptors (Lipinski definition) is 17. The van der Waals surface area contributed by atoms with Crippen LogP contribution in [-0.4, -0.2) is 149 Å². The molecule has 12 atom stereocenters. The number of hydrogen-bond donors (Lipinski definition) is 8. The fourth-order valence-electron chi connectivity index (χ4n) is 5.85. The second kappa shape index (κ2) is 21.8. The molecule has 2 aliphatic rings. The molecule has 2 aliphatic heterocycles. The summed E-state index contributed by atoms with van der Waals surface area (Å²) in [5, 5.41) is 91.7.